The van der Waals surface area contributed by atoms with E-state index in [0.717, 1.165) is 43.0 Å². The number of benzene rings is 2. The summed E-state index contributed by atoms with van der Waals surface area (Å²) in [4.78, 5) is 19.7. The molecule has 2 fully saturated rings. The second kappa shape index (κ2) is 10.1. The van der Waals surface area contributed by atoms with Gasteiger partial charge in [0.15, 0.2) is 0 Å². The maximum absolute atomic E-state index is 14.0. The number of allylic oxidation sites excluding steroid dienone is 2. The van der Waals surface area contributed by atoms with Crippen LogP contribution in [0.5, 0.6) is 0 Å². The first-order valence-electron chi connectivity index (χ1n) is 11.6. The highest BCUT2D eigenvalue weighted by Crippen LogP contribution is 2.39. The van der Waals surface area contributed by atoms with Crippen LogP contribution in [0.25, 0.3) is 0 Å². The van der Waals surface area contributed by atoms with Gasteiger partial charge in [0.25, 0.3) is 0 Å². The number of aliphatic hydroxyl groups is 1. The Bertz CT molecular complexity index is 1100. The largest absolute Gasteiger partial charge is 0.356 e. The Hall–Kier alpha value is -2.35. The van der Waals surface area contributed by atoms with Gasteiger partial charge in [0.1, 0.15) is 0 Å². The Morgan fingerprint density at radius 1 is 0.941 bits per heavy atom. The second-order valence-corrected chi connectivity index (χ2v) is 9.74. The first-order chi connectivity index (χ1) is 16.5. The van der Waals surface area contributed by atoms with Crippen molar-refractivity contribution in [3.8, 4) is 0 Å². The Morgan fingerprint density at radius 2 is 1.65 bits per heavy atom. The number of carbonyl (C=O) groups excluding carboxylic acids is 1. The van der Waals surface area contributed by atoms with Crippen LogP contribution in [0.3, 0.4) is 0 Å². The lowest BCUT2D eigenvalue weighted by molar-refractivity contribution is -0.177. The topological polar surface area (TPSA) is 59.1 Å². The number of piperazine rings is 1. The van der Waals surface area contributed by atoms with Crippen molar-refractivity contribution in [2.45, 2.75) is 25.5 Å². The second-order valence-electron chi connectivity index (χ2n) is 8.89. The van der Waals surface area contributed by atoms with Crippen molar-refractivity contribution < 1.29 is 9.90 Å². The maximum atomic E-state index is 14.0. The van der Waals surface area contributed by atoms with Crippen molar-refractivity contribution in [3.63, 3.8) is 0 Å². The summed E-state index contributed by atoms with van der Waals surface area (Å²) >= 11 is 13.0. The fraction of sp³-hybridized carbons (Fsp3) is 0.346. The number of carbonyl (C=O) groups is 1. The third-order valence-electron chi connectivity index (χ3n) is 6.78. The molecular formula is C26H28Cl2N4O2. The lowest BCUT2D eigenvalue weighted by Crippen LogP contribution is -2.63. The van der Waals surface area contributed by atoms with Crippen molar-refractivity contribution in [2.24, 2.45) is 5.92 Å². The molecule has 3 unspecified atom stereocenters. The third-order valence-corrected chi connectivity index (χ3v) is 7.39. The van der Waals surface area contributed by atoms with Gasteiger partial charge in [-0.25, -0.2) is 0 Å². The standard InChI is InChI=1S/C26H28Cl2N4O2/c27-20-14-22(30-12-10-29-11-13-30)24-23(15-20)31(16-18-6-2-1-3-7-18)26(34)32(25(24)33)17-19-8-4-5-9-21(19)28/h1-9,14-15,22,24,26,29,34H,10-13,16-17H2. The van der Waals surface area contributed by atoms with Gasteiger partial charge >= 0.3 is 0 Å². The molecule has 8 heteroatoms. The molecule has 2 aromatic carbocycles. The summed E-state index contributed by atoms with van der Waals surface area (Å²) < 4.78 is 0. The van der Waals surface area contributed by atoms with Gasteiger partial charge in [-0.2, -0.15) is 0 Å². The van der Waals surface area contributed by atoms with Gasteiger partial charge in [-0.15, -0.1) is 0 Å². The van der Waals surface area contributed by atoms with Gasteiger partial charge in [-0.1, -0.05) is 71.7 Å². The number of rotatable bonds is 5. The SMILES string of the molecule is O=C1C2C(=CC(Cl)=CC2N2CCNCC2)N(Cc2ccccc2)C(O)N1Cc1ccccc1Cl. The zero-order chi connectivity index (χ0) is 23.7. The number of nitrogens with one attached hydrogen (secondary N) is 1. The quantitative estimate of drug-likeness (QED) is 0.661. The Kier molecular flexibility index (Phi) is 6.95. The van der Waals surface area contributed by atoms with Crippen LogP contribution in [0.1, 0.15) is 11.1 Å². The summed E-state index contributed by atoms with van der Waals surface area (Å²) in [6, 6.07) is 17.2. The maximum Gasteiger partial charge on any atom is 0.237 e. The first-order valence-corrected chi connectivity index (χ1v) is 12.3. The minimum atomic E-state index is -1.14. The van der Waals surface area contributed by atoms with E-state index in [-0.39, 0.29) is 18.5 Å². The lowest BCUT2D eigenvalue weighted by atomic mass is 9.85. The van der Waals surface area contributed by atoms with Crippen LogP contribution in [-0.4, -0.2) is 64.3 Å². The van der Waals surface area contributed by atoms with Crippen LogP contribution in [0.15, 0.2) is 77.5 Å². The normalized spacial score (nSPS) is 25.6. The fourth-order valence-electron chi connectivity index (χ4n) is 5.06. The average Bonchev–Trinajstić information content (AvgIpc) is 2.86. The van der Waals surface area contributed by atoms with Gasteiger partial charge < -0.3 is 15.3 Å². The van der Waals surface area contributed by atoms with Gasteiger partial charge in [0, 0.05) is 54.5 Å². The molecule has 0 aromatic heterocycles. The molecule has 2 aliphatic heterocycles. The molecule has 1 aliphatic carbocycles. The average molecular weight is 499 g/mol. The number of halogens is 2. The zero-order valence-corrected chi connectivity index (χ0v) is 20.3. The third kappa shape index (κ3) is 4.61. The van der Waals surface area contributed by atoms with Crippen molar-refractivity contribution in [1.29, 1.82) is 0 Å². The van der Waals surface area contributed by atoms with Gasteiger partial charge in [0.05, 0.1) is 12.5 Å². The predicted octanol–water partition coefficient (Wildman–Crippen LogP) is 3.37. The molecule has 0 bridgehead atoms. The molecule has 2 N–H and O–H groups in total. The molecule has 34 heavy (non-hydrogen) atoms. The van der Waals surface area contributed by atoms with Gasteiger partial charge in [0.2, 0.25) is 12.3 Å². The number of hydrogen-bond acceptors (Lipinski definition) is 5. The Balaban J connectivity index is 1.54. The number of amides is 1. The van der Waals surface area contributed by atoms with Crippen LogP contribution >= 0.6 is 23.2 Å². The van der Waals surface area contributed by atoms with E-state index in [4.69, 9.17) is 23.2 Å². The first kappa shape index (κ1) is 23.4. The highest BCUT2D eigenvalue weighted by atomic mass is 35.5. The minimum absolute atomic E-state index is 0.119. The van der Waals surface area contributed by atoms with Crippen LogP contribution in [0.2, 0.25) is 5.02 Å². The van der Waals surface area contributed by atoms with E-state index in [9.17, 15) is 9.90 Å². The van der Waals surface area contributed by atoms with Crippen molar-refractivity contribution >= 4 is 29.1 Å². The molecule has 2 heterocycles. The van der Waals surface area contributed by atoms with E-state index in [0.29, 0.717) is 16.6 Å². The zero-order valence-electron chi connectivity index (χ0n) is 18.8. The molecule has 5 rings (SSSR count). The molecule has 1 amide bonds. The van der Waals surface area contributed by atoms with Gasteiger partial charge in [-0.05, 0) is 29.3 Å². The Labute approximate surface area is 210 Å². The summed E-state index contributed by atoms with van der Waals surface area (Å²) in [5.74, 6) is -0.581. The van der Waals surface area contributed by atoms with Crippen molar-refractivity contribution in [2.75, 3.05) is 26.2 Å². The summed E-state index contributed by atoms with van der Waals surface area (Å²) in [5, 5.41) is 16.0. The van der Waals surface area contributed by atoms with E-state index < -0.39 is 12.3 Å². The molecule has 3 aliphatic rings. The number of aliphatic hydroxyl groups excluding tert-OH is 1. The van der Waals surface area contributed by atoms with Crippen molar-refractivity contribution in [3.05, 3.63) is 93.6 Å². The monoisotopic (exact) mass is 498 g/mol. The van der Waals surface area contributed by atoms with E-state index in [2.05, 4.69) is 10.2 Å². The molecule has 6 nitrogen and oxygen atoms in total. The molecule has 178 valence electrons. The molecule has 0 saturated carbocycles. The van der Waals surface area contributed by atoms with Crippen LogP contribution in [0, 0.1) is 5.92 Å². The summed E-state index contributed by atoms with van der Waals surface area (Å²) in [5.41, 5.74) is 2.59. The summed E-state index contributed by atoms with van der Waals surface area (Å²) in [6.07, 6.45) is 2.67. The van der Waals surface area contributed by atoms with Crippen LogP contribution in [0.4, 0.5) is 0 Å². The molecule has 2 saturated heterocycles. The number of hydrogen-bond donors (Lipinski definition) is 2. The van der Waals surface area contributed by atoms with E-state index >= 15 is 0 Å². The smallest absolute Gasteiger partial charge is 0.237 e. The lowest BCUT2D eigenvalue weighted by Gasteiger charge is -2.51. The molecular weight excluding hydrogens is 471 g/mol. The molecule has 3 atom stereocenters. The number of nitrogens with zero attached hydrogens (tertiary/aromatic N) is 3. The Morgan fingerprint density at radius 3 is 2.38 bits per heavy atom. The minimum Gasteiger partial charge on any atom is -0.356 e. The summed E-state index contributed by atoms with van der Waals surface area (Å²) in [7, 11) is 0. The van der Waals surface area contributed by atoms with E-state index in [1.54, 1.807) is 6.07 Å². The molecule has 0 spiro atoms. The number of fused-ring (bicyclic) bond motifs is 1. The summed E-state index contributed by atoms with van der Waals surface area (Å²) in [6.45, 7) is 4.06. The highest BCUT2D eigenvalue weighted by molar-refractivity contribution is 6.31. The fourth-order valence-corrected chi connectivity index (χ4v) is 5.50. The van der Waals surface area contributed by atoms with E-state index in [1.807, 2.05) is 65.6 Å². The molecule has 2 aromatic rings. The van der Waals surface area contributed by atoms with Crippen LogP contribution in [-0.2, 0) is 17.9 Å². The molecule has 0 radical (unpaired) electrons. The van der Waals surface area contributed by atoms with Crippen molar-refractivity contribution in [1.82, 2.24) is 20.0 Å². The van der Waals surface area contributed by atoms with Crippen LogP contribution < -0.4 is 5.32 Å². The van der Waals surface area contributed by atoms with Gasteiger partial charge in [-0.3, -0.25) is 14.6 Å². The van der Waals surface area contributed by atoms with E-state index in [1.165, 1.54) is 4.90 Å². The predicted molar refractivity (Wildman–Crippen MR) is 134 cm³/mol. The highest BCUT2D eigenvalue weighted by Gasteiger charge is 2.48.